The number of aryl methyl sites for hydroxylation is 2. The van der Waals surface area contributed by atoms with Gasteiger partial charge in [-0.25, -0.2) is 0 Å². The SMILES string of the molecule is CCc1ccc(C(NC)c2ccc(Cl)cc2Cl)cc1CC. The van der Waals surface area contributed by atoms with Crippen LogP contribution in [-0.2, 0) is 12.8 Å². The van der Waals surface area contributed by atoms with Crippen LogP contribution >= 0.6 is 23.2 Å². The summed E-state index contributed by atoms with van der Waals surface area (Å²) < 4.78 is 0. The van der Waals surface area contributed by atoms with Crippen molar-refractivity contribution in [2.75, 3.05) is 7.05 Å². The summed E-state index contributed by atoms with van der Waals surface area (Å²) in [6.07, 6.45) is 2.11. The summed E-state index contributed by atoms with van der Waals surface area (Å²) in [6.45, 7) is 4.39. The molecule has 0 saturated heterocycles. The lowest BCUT2D eigenvalue weighted by Crippen LogP contribution is -2.18. The average Bonchev–Trinajstić information content (AvgIpc) is 2.49. The van der Waals surface area contributed by atoms with E-state index in [0.29, 0.717) is 10.0 Å². The molecule has 0 saturated carbocycles. The molecule has 0 aromatic heterocycles. The fourth-order valence-corrected chi connectivity index (χ4v) is 3.25. The predicted molar refractivity (Wildman–Crippen MR) is 92.6 cm³/mol. The summed E-state index contributed by atoms with van der Waals surface area (Å²) >= 11 is 12.4. The lowest BCUT2D eigenvalue weighted by atomic mass is 9.93. The zero-order chi connectivity index (χ0) is 15.4. The van der Waals surface area contributed by atoms with E-state index in [1.54, 1.807) is 6.07 Å². The summed E-state index contributed by atoms with van der Waals surface area (Å²) in [5.41, 5.74) is 5.10. The van der Waals surface area contributed by atoms with Gasteiger partial charge in [-0.1, -0.05) is 61.3 Å². The zero-order valence-electron chi connectivity index (χ0n) is 12.7. The molecule has 1 atom stereocenters. The summed E-state index contributed by atoms with van der Waals surface area (Å²) in [5, 5.41) is 4.71. The largest absolute Gasteiger partial charge is 0.309 e. The topological polar surface area (TPSA) is 12.0 Å². The molecule has 21 heavy (non-hydrogen) atoms. The maximum atomic E-state index is 6.36. The van der Waals surface area contributed by atoms with Crippen LogP contribution in [0.5, 0.6) is 0 Å². The highest BCUT2D eigenvalue weighted by atomic mass is 35.5. The van der Waals surface area contributed by atoms with E-state index in [2.05, 4.69) is 37.4 Å². The number of nitrogens with one attached hydrogen (secondary N) is 1. The highest BCUT2D eigenvalue weighted by molar-refractivity contribution is 6.35. The van der Waals surface area contributed by atoms with Crippen LogP contribution in [0.4, 0.5) is 0 Å². The molecule has 112 valence electrons. The van der Waals surface area contributed by atoms with E-state index in [1.807, 2.05) is 19.2 Å². The van der Waals surface area contributed by atoms with E-state index < -0.39 is 0 Å². The Hall–Kier alpha value is -1.02. The van der Waals surface area contributed by atoms with Crippen LogP contribution in [0.2, 0.25) is 10.0 Å². The van der Waals surface area contributed by atoms with Crippen molar-refractivity contribution in [2.45, 2.75) is 32.7 Å². The number of halogens is 2. The summed E-state index contributed by atoms with van der Waals surface area (Å²) in [6, 6.07) is 12.4. The highest BCUT2D eigenvalue weighted by Crippen LogP contribution is 2.31. The third kappa shape index (κ3) is 3.60. The number of rotatable bonds is 5. The average molecular weight is 322 g/mol. The van der Waals surface area contributed by atoms with E-state index in [4.69, 9.17) is 23.2 Å². The van der Waals surface area contributed by atoms with Crippen molar-refractivity contribution in [1.29, 1.82) is 0 Å². The van der Waals surface area contributed by atoms with E-state index in [1.165, 1.54) is 16.7 Å². The monoisotopic (exact) mass is 321 g/mol. The normalized spacial score (nSPS) is 12.4. The summed E-state index contributed by atoms with van der Waals surface area (Å²) in [5.74, 6) is 0. The molecular weight excluding hydrogens is 301 g/mol. The van der Waals surface area contributed by atoms with Crippen LogP contribution in [0.3, 0.4) is 0 Å². The first-order chi connectivity index (χ1) is 10.1. The fourth-order valence-electron chi connectivity index (χ4n) is 2.74. The van der Waals surface area contributed by atoms with Crippen molar-refractivity contribution in [2.24, 2.45) is 0 Å². The van der Waals surface area contributed by atoms with E-state index in [9.17, 15) is 0 Å². The van der Waals surface area contributed by atoms with Crippen LogP contribution < -0.4 is 5.32 Å². The van der Waals surface area contributed by atoms with Crippen molar-refractivity contribution < 1.29 is 0 Å². The van der Waals surface area contributed by atoms with Gasteiger partial charge < -0.3 is 5.32 Å². The van der Waals surface area contributed by atoms with Crippen molar-refractivity contribution >= 4 is 23.2 Å². The Balaban J connectivity index is 2.46. The van der Waals surface area contributed by atoms with Gasteiger partial charge in [-0.2, -0.15) is 0 Å². The third-order valence-corrected chi connectivity index (χ3v) is 4.45. The van der Waals surface area contributed by atoms with E-state index in [0.717, 1.165) is 18.4 Å². The van der Waals surface area contributed by atoms with Crippen LogP contribution in [0.15, 0.2) is 36.4 Å². The Morgan fingerprint density at radius 1 is 0.952 bits per heavy atom. The van der Waals surface area contributed by atoms with Gasteiger partial charge in [0.15, 0.2) is 0 Å². The fraction of sp³-hybridized carbons (Fsp3) is 0.333. The Kier molecular flexibility index (Phi) is 5.69. The highest BCUT2D eigenvalue weighted by Gasteiger charge is 2.16. The summed E-state index contributed by atoms with van der Waals surface area (Å²) in [4.78, 5) is 0. The van der Waals surface area contributed by atoms with Crippen molar-refractivity contribution in [3.05, 3.63) is 68.7 Å². The van der Waals surface area contributed by atoms with Crippen molar-refractivity contribution in [1.82, 2.24) is 5.32 Å². The van der Waals surface area contributed by atoms with Gasteiger partial charge in [0.1, 0.15) is 0 Å². The second-order valence-corrected chi connectivity index (χ2v) is 5.97. The minimum absolute atomic E-state index is 0.0750. The Labute approximate surface area is 137 Å². The Morgan fingerprint density at radius 2 is 1.67 bits per heavy atom. The first-order valence-corrected chi connectivity index (χ1v) is 8.10. The smallest absolute Gasteiger partial charge is 0.0589 e. The maximum Gasteiger partial charge on any atom is 0.0589 e. The molecule has 0 heterocycles. The van der Waals surface area contributed by atoms with Crippen molar-refractivity contribution in [3.8, 4) is 0 Å². The standard InChI is InChI=1S/C18H21Cl2N/c1-4-12-6-7-14(10-13(12)5-2)18(21-3)16-9-8-15(19)11-17(16)20/h6-11,18,21H,4-5H2,1-3H3. The molecule has 0 aliphatic rings. The van der Waals surface area contributed by atoms with Gasteiger partial charge in [0, 0.05) is 10.0 Å². The molecule has 0 spiro atoms. The van der Waals surface area contributed by atoms with Gasteiger partial charge in [-0.3, -0.25) is 0 Å². The first kappa shape index (κ1) is 16.4. The first-order valence-electron chi connectivity index (χ1n) is 7.34. The van der Waals surface area contributed by atoms with Gasteiger partial charge in [0.2, 0.25) is 0 Å². The maximum absolute atomic E-state index is 6.36. The van der Waals surface area contributed by atoms with Crippen LogP contribution in [0.1, 0.15) is 42.1 Å². The molecular formula is C18H21Cl2N. The number of hydrogen-bond donors (Lipinski definition) is 1. The Morgan fingerprint density at radius 3 is 2.24 bits per heavy atom. The second kappa shape index (κ2) is 7.31. The van der Waals surface area contributed by atoms with Gasteiger partial charge in [0.05, 0.1) is 6.04 Å². The molecule has 0 radical (unpaired) electrons. The molecule has 0 bridgehead atoms. The van der Waals surface area contributed by atoms with Crippen LogP contribution in [-0.4, -0.2) is 7.05 Å². The lowest BCUT2D eigenvalue weighted by molar-refractivity contribution is 0.690. The van der Waals surface area contributed by atoms with E-state index >= 15 is 0 Å². The number of benzene rings is 2. The Bertz CT molecular complexity index is 623. The minimum Gasteiger partial charge on any atom is -0.309 e. The van der Waals surface area contributed by atoms with Gasteiger partial charge in [-0.15, -0.1) is 0 Å². The third-order valence-electron chi connectivity index (χ3n) is 3.89. The minimum atomic E-state index is 0.0750. The predicted octanol–water partition coefficient (Wildman–Crippen LogP) is 5.43. The molecule has 0 aliphatic heterocycles. The molecule has 3 heteroatoms. The molecule has 0 amide bonds. The van der Waals surface area contributed by atoms with Crippen LogP contribution in [0, 0.1) is 0 Å². The molecule has 0 aliphatic carbocycles. The molecule has 1 unspecified atom stereocenters. The quantitative estimate of drug-likeness (QED) is 0.774. The molecule has 2 aromatic carbocycles. The molecule has 2 rings (SSSR count). The molecule has 0 fully saturated rings. The second-order valence-electron chi connectivity index (χ2n) is 5.12. The van der Waals surface area contributed by atoms with E-state index in [-0.39, 0.29) is 6.04 Å². The number of hydrogen-bond acceptors (Lipinski definition) is 1. The van der Waals surface area contributed by atoms with Crippen molar-refractivity contribution in [3.63, 3.8) is 0 Å². The van der Waals surface area contributed by atoms with Gasteiger partial charge in [-0.05, 0) is 54.3 Å². The van der Waals surface area contributed by atoms with Gasteiger partial charge >= 0.3 is 0 Å². The molecule has 1 N–H and O–H groups in total. The lowest BCUT2D eigenvalue weighted by Gasteiger charge is -2.20. The molecule has 2 aromatic rings. The molecule has 1 nitrogen and oxygen atoms in total. The zero-order valence-corrected chi connectivity index (χ0v) is 14.2. The summed E-state index contributed by atoms with van der Waals surface area (Å²) in [7, 11) is 1.95. The van der Waals surface area contributed by atoms with Crippen LogP contribution in [0.25, 0.3) is 0 Å². The van der Waals surface area contributed by atoms with Gasteiger partial charge in [0.25, 0.3) is 0 Å².